The van der Waals surface area contributed by atoms with Gasteiger partial charge in [0.25, 0.3) is 5.91 Å². The molecule has 0 unspecified atom stereocenters. The van der Waals surface area contributed by atoms with E-state index < -0.39 is 15.9 Å². The van der Waals surface area contributed by atoms with Gasteiger partial charge in [0.05, 0.1) is 17.5 Å². The van der Waals surface area contributed by atoms with Crippen LogP contribution < -0.4 is 10.6 Å². The van der Waals surface area contributed by atoms with Crippen LogP contribution in [0.2, 0.25) is 0 Å². The van der Waals surface area contributed by atoms with E-state index in [4.69, 9.17) is 0 Å². The summed E-state index contributed by atoms with van der Waals surface area (Å²) in [5.74, 6) is -0.753. The van der Waals surface area contributed by atoms with E-state index in [9.17, 15) is 22.8 Å². The van der Waals surface area contributed by atoms with Crippen molar-refractivity contribution in [1.29, 1.82) is 0 Å². The van der Waals surface area contributed by atoms with Crippen molar-refractivity contribution in [3.63, 3.8) is 0 Å². The van der Waals surface area contributed by atoms with E-state index in [0.29, 0.717) is 18.5 Å². The molecule has 2 aliphatic heterocycles. The standard InChI is InChI=1S/C20H26N4O5S/c1-2-3-18(25)22-15-6-4-14(5-7-15)12-21-20(27)17-8-9-19(26)24(23-17)16-10-11-30(28,29)13-16/h4-7,16H,2-3,8-13H2,1H3,(H,21,27)(H,22,25)/t16-/m1/s1. The van der Waals surface area contributed by atoms with E-state index in [1.165, 1.54) is 5.01 Å². The van der Waals surface area contributed by atoms with Crippen molar-refractivity contribution in [2.24, 2.45) is 5.10 Å². The molecule has 2 heterocycles. The molecule has 3 amide bonds. The van der Waals surface area contributed by atoms with E-state index in [1.54, 1.807) is 12.1 Å². The number of hydrogen-bond donors (Lipinski definition) is 2. The van der Waals surface area contributed by atoms with Crippen molar-refractivity contribution in [2.45, 2.75) is 51.6 Å². The van der Waals surface area contributed by atoms with Crippen LogP contribution >= 0.6 is 0 Å². The molecule has 1 aromatic rings. The van der Waals surface area contributed by atoms with E-state index in [0.717, 1.165) is 12.0 Å². The van der Waals surface area contributed by atoms with Gasteiger partial charge in [0.15, 0.2) is 9.84 Å². The second-order valence-corrected chi connectivity index (χ2v) is 9.75. The van der Waals surface area contributed by atoms with Crippen molar-refractivity contribution in [2.75, 3.05) is 16.8 Å². The van der Waals surface area contributed by atoms with Gasteiger partial charge < -0.3 is 10.6 Å². The van der Waals surface area contributed by atoms with Crippen LogP contribution in [0, 0.1) is 0 Å². The van der Waals surface area contributed by atoms with Gasteiger partial charge in [-0.15, -0.1) is 0 Å². The molecule has 0 aliphatic carbocycles. The van der Waals surface area contributed by atoms with Crippen LogP contribution in [0.1, 0.15) is 44.6 Å². The number of nitrogens with zero attached hydrogens (tertiary/aromatic N) is 2. The highest BCUT2D eigenvalue weighted by atomic mass is 32.2. The van der Waals surface area contributed by atoms with Crippen LogP contribution in [-0.2, 0) is 30.8 Å². The maximum atomic E-state index is 12.5. The number of amides is 3. The maximum Gasteiger partial charge on any atom is 0.267 e. The van der Waals surface area contributed by atoms with Gasteiger partial charge in [-0.2, -0.15) is 5.10 Å². The monoisotopic (exact) mass is 434 g/mol. The molecule has 3 rings (SSSR count). The summed E-state index contributed by atoms with van der Waals surface area (Å²) >= 11 is 0. The first-order valence-electron chi connectivity index (χ1n) is 10.0. The summed E-state index contributed by atoms with van der Waals surface area (Å²) in [7, 11) is -3.16. The molecule has 0 radical (unpaired) electrons. The number of carbonyl (C=O) groups excluding carboxylic acids is 3. The SMILES string of the molecule is CCCC(=O)Nc1ccc(CNC(=O)C2=NN([C@@H]3CCS(=O)(=O)C3)C(=O)CC2)cc1. The molecule has 9 nitrogen and oxygen atoms in total. The summed E-state index contributed by atoms with van der Waals surface area (Å²) in [4.78, 5) is 36.3. The first-order valence-corrected chi connectivity index (χ1v) is 11.9. The Hall–Kier alpha value is -2.75. The van der Waals surface area contributed by atoms with Crippen LogP contribution in [0.4, 0.5) is 5.69 Å². The molecule has 1 atom stereocenters. The minimum absolute atomic E-state index is 0.0351. The summed E-state index contributed by atoms with van der Waals surface area (Å²) in [6.07, 6.45) is 1.94. The summed E-state index contributed by atoms with van der Waals surface area (Å²) in [6, 6.07) is 6.66. The van der Waals surface area contributed by atoms with E-state index in [1.807, 2.05) is 19.1 Å². The van der Waals surface area contributed by atoms with E-state index >= 15 is 0 Å². The topological polar surface area (TPSA) is 125 Å². The molecule has 2 aliphatic rings. The van der Waals surface area contributed by atoms with Gasteiger partial charge in [-0.3, -0.25) is 14.4 Å². The third-order valence-electron chi connectivity index (χ3n) is 5.04. The number of benzene rings is 1. The third kappa shape index (κ3) is 5.65. The van der Waals surface area contributed by atoms with Gasteiger partial charge in [-0.1, -0.05) is 19.1 Å². The van der Waals surface area contributed by atoms with Gasteiger partial charge >= 0.3 is 0 Å². The largest absolute Gasteiger partial charge is 0.347 e. The zero-order valence-electron chi connectivity index (χ0n) is 16.9. The molecule has 1 fully saturated rings. The van der Waals surface area contributed by atoms with Crippen molar-refractivity contribution >= 4 is 39.0 Å². The number of sulfone groups is 1. The van der Waals surface area contributed by atoms with Crippen LogP contribution in [-0.4, -0.2) is 54.4 Å². The Morgan fingerprint density at radius 2 is 1.93 bits per heavy atom. The fourth-order valence-electron chi connectivity index (χ4n) is 3.43. The minimum atomic E-state index is -3.16. The Morgan fingerprint density at radius 1 is 1.20 bits per heavy atom. The van der Waals surface area contributed by atoms with E-state index in [2.05, 4.69) is 15.7 Å². The van der Waals surface area contributed by atoms with Crippen molar-refractivity contribution in [3.05, 3.63) is 29.8 Å². The van der Waals surface area contributed by atoms with Gasteiger partial charge in [-0.25, -0.2) is 13.4 Å². The van der Waals surface area contributed by atoms with E-state index in [-0.39, 0.29) is 54.3 Å². The van der Waals surface area contributed by atoms with Crippen LogP contribution in [0.15, 0.2) is 29.4 Å². The normalized spacial score (nSPS) is 20.6. The third-order valence-corrected chi connectivity index (χ3v) is 6.79. The smallest absolute Gasteiger partial charge is 0.267 e. The summed E-state index contributed by atoms with van der Waals surface area (Å²) in [5, 5.41) is 10.9. The van der Waals surface area contributed by atoms with Gasteiger partial charge in [0.1, 0.15) is 5.71 Å². The molecule has 1 saturated heterocycles. The van der Waals surface area contributed by atoms with Gasteiger partial charge in [0, 0.05) is 31.5 Å². The Bertz CT molecular complexity index is 956. The van der Waals surface area contributed by atoms with Crippen molar-refractivity contribution < 1.29 is 22.8 Å². The van der Waals surface area contributed by atoms with Gasteiger partial charge in [0.2, 0.25) is 11.8 Å². The number of hydrazone groups is 1. The second-order valence-electron chi connectivity index (χ2n) is 7.52. The number of nitrogens with one attached hydrogen (secondary N) is 2. The molecule has 0 bridgehead atoms. The molecule has 2 N–H and O–H groups in total. The first kappa shape index (κ1) is 21.9. The Balaban J connectivity index is 1.57. The van der Waals surface area contributed by atoms with Crippen LogP contribution in [0.25, 0.3) is 0 Å². The molecule has 0 spiro atoms. The minimum Gasteiger partial charge on any atom is -0.347 e. The molecule has 30 heavy (non-hydrogen) atoms. The zero-order chi connectivity index (χ0) is 21.7. The zero-order valence-corrected chi connectivity index (χ0v) is 17.7. The quantitative estimate of drug-likeness (QED) is 0.667. The lowest BCUT2D eigenvalue weighted by atomic mass is 10.1. The highest BCUT2D eigenvalue weighted by molar-refractivity contribution is 7.91. The van der Waals surface area contributed by atoms with Crippen molar-refractivity contribution in [1.82, 2.24) is 10.3 Å². The first-order chi connectivity index (χ1) is 14.3. The highest BCUT2D eigenvalue weighted by Crippen LogP contribution is 2.22. The number of anilines is 1. The predicted octanol–water partition coefficient (Wildman–Crippen LogP) is 1.21. The molecule has 0 aromatic heterocycles. The average Bonchev–Trinajstić information content (AvgIpc) is 3.07. The molecule has 162 valence electrons. The molecule has 0 saturated carbocycles. The van der Waals surface area contributed by atoms with Crippen molar-refractivity contribution in [3.8, 4) is 0 Å². The second kappa shape index (κ2) is 9.38. The average molecular weight is 435 g/mol. The number of carbonyl (C=O) groups is 3. The predicted molar refractivity (Wildman–Crippen MR) is 112 cm³/mol. The molecular weight excluding hydrogens is 408 g/mol. The van der Waals surface area contributed by atoms with Crippen LogP contribution in [0.5, 0.6) is 0 Å². The number of rotatable bonds is 7. The Kier molecular flexibility index (Phi) is 6.86. The molecular formula is C20H26N4O5S. The fraction of sp³-hybridized carbons (Fsp3) is 0.500. The highest BCUT2D eigenvalue weighted by Gasteiger charge is 2.37. The summed E-state index contributed by atoms with van der Waals surface area (Å²) in [5.41, 5.74) is 1.77. The molecule has 10 heteroatoms. The fourth-order valence-corrected chi connectivity index (χ4v) is 5.12. The maximum absolute atomic E-state index is 12.5. The Labute approximate surface area is 175 Å². The summed E-state index contributed by atoms with van der Waals surface area (Å²) in [6.45, 7) is 2.21. The van der Waals surface area contributed by atoms with Gasteiger partial charge in [-0.05, 0) is 30.5 Å². The lowest BCUT2D eigenvalue weighted by molar-refractivity contribution is -0.133. The Morgan fingerprint density at radius 3 is 2.57 bits per heavy atom. The summed E-state index contributed by atoms with van der Waals surface area (Å²) < 4.78 is 23.4. The number of hydrogen-bond acceptors (Lipinski definition) is 6. The molecule has 1 aromatic carbocycles. The lowest BCUT2D eigenvalue weighted by Crippen LogP contribution is -2.43. The lowest BCUT2D eigenvalue weighted by Gasteiger charge is -2.27. The van der Waals surface area contributed by atoms with Crippen LogP contribution in [0.3, 0.4) is 0 Å².